The van der Waals surface area contributed by atoms with Gasteiger partial charge < -0.3 is 14.8 Å². The molecule has 106 valence electrons. The first-order valence-electron chi connectivity index (χ1n) is 6.55. The number of hydrogen-bond donors (Lipinski definition) is 0. The van der Waals surface area contributed by atoms with Gasteiger partial charge in [0.05, 0.1) is 5.97 Å². The van der Waals surface area contributed by atoms with Crippen LogP contribution in [0.1, 0.15) is 32.1 Å². The number of aromatic nitrogens is 2. The number of fused-ring (bicyclic) bond motifs is 1. The number of amides is 1. The summed E-state index contributed by atoms with van der Waals surface area (Å²) in [4.78, 5) is 32.6. The Labute approximate surface area is 121 Å². The normalized spacial score (nSPS) is 13.6. The van der Waals surface area contributed by atoms with Gasteiger partial charge in [-0.25, -0.2) is 4.98 Å². The van der Waals surface area contributed by atoms with Crippen LogP contribution in [0.15, 0.2) is 36.7 Å². The zero-order chi connectivity index (χ0) is 14.8. The van der Waals surface area contributed by atoms with E-state index in [1.807, 2.05) is 24.3 Å². The molecule has 3 rings (SSSR count). The van der Waals surface area contributed by atoms with Gasteiger partial charge in [-0.05, 0) is 17.5 Å². The molecule has 1 aromatic carbocycles. The van der Waals surface area contributed by atoms with Crippen molar-refractivity contribution < 1.29 is 14.7 Å². The fraction of sp³-hybridized carbons (Fsp3) is 0.200. The molecule has 6 heteroatoms. The number of aromatic carboxylic acids is 1. The molecule has 0 N–H and O–H groups in total. The van der Waals surface area contributed by atoms with Gasteiger partial charge in [-0.2, -0.15) is 0 Å². The summed E-state index contributed by atoms with van der Waals surface area (Å²) in [6.07, 6.45) is 3.27. The highest BCUT2D eigenvalue weighted by atomic mass is 16.4. The van der Waals surface area contributed by atoms with Gasteiger partial charge in [0.1, 0.15) is 5.69 Å². The first-order valence-corrected chi connectivity index (χ1v) is 6.55. The van der Waals surface area contributed by atoms with Crippen molar-refractivity contribution in [1.29, 1.82) is 0 Å². The lowest BCUT2D eigenvalue weighted by atomic mass is 9.99. The van der Waals surface area contributed by atoms with Gasteiger partial charge in [0.25, 0.3) is 5.91 Å². The van der Waals surface area contributed by atoms with E-state index in [9.17, 15) is 14.7 Å². The molecule has 0 saturated carbocycles. The quantitative estimate of drug-likeness (QED) is 0.776. The van der Waals surface area contributed by atoms with Gasteiger partial charge in [0, 0.05) is 25.5 Å². The Bertz CT molecular complexity index is 715. The van der Waals surface area contributed by atoms with Crippen LogP contribution in [0.5, 0.6) is 0 Å². The lowest BCUT2D eigenvalue weighted by Crippen LogP contribution is -2.38. The third-order valence-corrected chi connectivity index (χ3v) is 3.51. The molecule has 6 nitrogen and oxygen atoms in total. The van der Waals surface area contributed by atoms with E-state index >= 15 is 0 Å². The number of nitrogens with zero attached hydrogens (tertiary/aromatic N) is 3. The van der Waals surface area contributed by atoms with Crippen LogP contribution in [0.3, 0.4) is 0 Å². The molecular formula is C15H12N3O3-. The SMILES string of the molecule is O=C([O-])c1nccnc1C(=O)N1CCc2ccccc2C1. The highest BCUT2D eigenvalue weighted by molar-refractivity contribution is 6.01. The van der Waals surface area contributed by atoms with Crippen LogP contribution >= 0.6 is 0 Å². The average Bonchev–Trinajstić information content (AvgIpc) is 2.53. The Morgan fingerprint density at radius 1 is 1.05 bits per heavy atom. The van der Waals surface area contributed by atoms with Crippen molar-refractivity contribution >= 4 is 11.9 Å². The molecule has 2 aromatic rings. The van der Waals surface area contributed by atoms with Crippen molar-refractivity contribution in [2.75, 3.05) is 6.54 Å². The van der Waals surface area contributed by atoms with E-state index in [0.717, 1.165) is 12.0 Å². The second kappa shape index (κ2) is 5.32. The lowest BCUT2D eigenvalue weighted by molar-refractivity contribution is -0.255. The summed E-state index contributed by atoms with van der Waals surface area (Å²) in [6, 6.07) is 7.88. The Morgan fingerprint density at radius 3 is 2.43 bits per heavy atom. The number of carboxylic acid groups (broad SMARTS) is 1. The number of rotatable bonds is 2. The minimum atomic E-state index is -1.50. The van der Waals surface area contributed by atoms with E-state index < -0.39 is 17.6 Å². The Balaban J connectivity index is 1.89. The predicted octanol–water partition coefficient (Wildman–Crippen LogP) is 0.0386. The molecule has 0 aliphatic carbocycles. The van der Waals surface area contributed by atoms with E-state index in [-0.39, 0.29) is 5.69 Å². The first kappa shape index (κ1) is 13.2. The van der Waals surface area contributed by atoms with E-state index in [1.165, 1.54) is 18.0 Å². The van der Waals surface area contributed by atoms with Crippen molar-refractivity contribution in [2.24, 2.45) is 0 Å². The molecule has 0 spiro atoms. The second-order valence-corrected chi connectivity index (χ2v) is 4.79. The van der Waals surface area contributed by atoms with Crippen LogP contribution in [0.2, 0.25) is 0 Å². The van der Waals surface area contributed by atoms with Crippen molar-refractivity contribution in [3.63, 3.8) is 0 Å². The standard InChI is InChI=1S/C15H13N3O3/c19-14(12-13(15(20)21)17-7-6-16-12)18-8-5-10-3-1-2-4-11(10)9-18/h1-4,6-7H,5,8-9H2,(H,20,21)/p-1. The Hall–Kier alpha value is -2.76. The summed E-state index contributed by atoms with van der Waals surface area (Å²) in [6.45, 7) is 0.969. The Morgan fingerprint density at radius 2 is 1.71 bits per heavy atom. The predicted molar refractivity (Wildman–Crippen MR) is 71.2 cm³/mol. The summed E-state index contributed by atoms with van der Waals surface area (Å²) in [5.74, 6) is -1.93. The molecule has 1 aliphatic heterocycles. The summed E-state index contributed by atoms with van der Waals surface area (Å²) < 4.78 is 0. The smallest absolute Gasteiger partial charge is 0.275 e. The molecule has 21 heavy (non-hydrogen) atoms. The van der Waals surface area contributed by atoms with Gasteiger partial charge in [0.15, 0.2) is 5.69 Å². The molecular weight excluding hydrogens is 270 g/mol. The van der Waals surface area contributed by atoms with Gasteiger partial charge in [0.2, 0.25) is 0 Å². The highest BCUT2D eigenvalue weighted by Crippen LogP contribution is 2.20. The van der Waals surface area contributed by atoms with E-state index in [4.69, 9.17) is 0 Å². The fourth-order valence-corrected chi connectivity index (χ4v) is 2.46. The molecule has 0 unspecified atom stereocenters. The molecule has 0 radical (unpaired) electrons. The summed E-state index contributed by atoms with van der Waals surface area (Å²) in [5, 5.41) is 11.0. The maximum atomic E-state index is 12.5. The van der Waals surface area contributed by atoms with Crippen molar-refractivity contribution in [3.8, 4) is 0 Å². The summed E-state index contributed by atoms with van der Waals surface area (Å²) in [5.41, 5.74) is 1.69. The number of carbonyl (C=O) groups excluding carboxylic acids is 2. The summed E-state index contributed by atoms with van der Waals surface area (Å²) >= 11 is 0. The molecule has 2 heterocycles. The van der Waals surface area contributed by atoms with Crippen LogP contribution in [-0.2, 0) is 13.0 Å². The average molecular weight is 282 g/mol. The van der Waals surface area contributed by atoms with Gasteiger partial charge in [-0.15, -0.1) is 0 Å². The third-order valence-electron chi connectivity index (χ3n) is 3.51. The minimum absolute atomic E-state index is 0.170. The largest absolute Gasteiger partial charge is 0.543 e. The maximum Gasteiger partial charge on any atom is 0.275 e. The van der Waals surface area contributed by atoms with E-state index in [1.54, 1.807) is 4.90 Å². The third kappa shape index (κ3) is 2.47. The molecule has 0 fully saturated rings. The topological polar surface area (TPSA) is 86.2 Å². The molecule has 1 aliphatic rings. The summed E-state index contributed by atoms with van der Waals surface area (Å²) in [7, 11) is 0. The zero-order valence-corrected chi connectivity index (χ0v) is 11.2. The van der Waals surface area contributed by atoms with Gasteiger partial charge in [-0.3, -0.25) is 9.78 Å². The number of hydrogen-bond acceptors (Lipinski definition) is 5. The van der Waals surface area contributed by atoms with Gasteiger partial charge >= 0.3 is 0 Å². The van der Waals surface area contributed by atoms with Crippen LogP contribution in [0, 0.1) is 0 Å². The monoisotopic (exact) mass is 282 g/mol. The van der Waals surface area contributed by atoms with Crippen LogP contribution < -0.4 is 5.11 Å². The van der Waals surface area contributed by atoms with E-state index in [2.05, 4.69) is 9.97 Å². The maximum absolute atomic E-state index is 12.5. The van der Waals surface area contributed by atoms with Crippen LogP contribution in [0.4, 0.5) is 0 Å². The zero-order valence-electron chi connectivity index (χ0n) is 11.2. The Kier molecular flexibility index (Phi) is 3.35. The number of carbonyl (C=O) groups is 2. The minimum Gasteiger partial charge on any atom is -0.543 e. The van der Waals surface area contributed by atoms with Crippen molar-refractivity contribution in [3.05, 3.63) is 59.2 Å². The van der Waals surface area contributed by atoms with Crippen molar-refractivity contribution in [2.45, 2.75) is 13.0 Å². The van der Waals surface area contributed by atoms with Crippen LogP contribution in [0.25, 0.3) is 0 Å². The van der Waals surface area contributed by atoms with E-state index in [0.29, 0.717) is 13.1 Å². The number of benzene rings is 1. The fourth-order valence-electron chi connectivity index (χ4n) is 2.46. The molecule has 0 bridgehead atoms. The lowest BCUT2D eigenvalue weighted by Gasteiger charge is -2.29. The molecule has 1 aromatic heterocycles. The van der Waals surface area contributed by atoms with Crippen LogP contribution in [-0.4, -0.2) is 33.3 Å². The first-order chi connectivity index (χ1) is 10.2. The molecule has 0 saturated heterocycles. The van der Waals surface area contributed by atoms with Gasteiger partial charge in [-0.1, -0.05) is 24.3 Å². The molecule has 0 atom stereocenters. The second-order valence-electron chi connectivity index (χ2n) is 4.79. The number of carboxylic acids is 1. The molecule has 1 amide bonds. The highest BCUT2D eigenvalue weighted by Gasteiger charge is 2.25. The van der Waals surface area contributed by atoms with Crippen molar-refractivity contribution in [1.82, 2.24) is 14.9 Å².